The molecule has 1 aliphatic heterocycles. The second-order valence-corrected chi connectivity index (χ2v) is 6.49. The first-order valence-electron chi connectivity index (χ1n) is 6.17. The number of nitrogens with two attached hydrogens (primary N) is 1. The van der Waals surface area contributed by atoms with Crippen molar-refractivity contribution in [2.24, 2.45) is 5.73 Å². The molecule has 1 aromatic heterocycles. The van der Waals surface area contributed by atoms with E-state index in [2.05, 4.69) is 21.2 Å². The summed E-state index contributed by atoms with van der Waals surface area (Å²) in [7, 11) is 0. The zero-order chi connectivity index (χ0) is 14.3. The molecular weight excluding hydrogens is 343 g/mol. The van der Waals surface area contributed by atoms with Crippen molar-refractivity contribution in [2.75, 3.05) is 5.32 Å². The molecule has 3 nitrogen and oxygen atoms in total. The van der Waals surface area contributed by atoms with Crippen LogP contribution in [-0.2, 0) is 11.2 Å². The minimum atomic E-state index is -0.507. The van der Waals surface area contributed by atoms with Crippen molar-refractivity contribution >= 4 is 38.9 Å². The number of hydrogen-bond acceptors (Lipinski definition) is 3. The molecule has 1 amide bonds. The molecule has 3 rings (SSSR count). The summed E-state index contributed by atoms with van der Waals surface area (Å²) in [5.41, 5.74) is 8.13. The summed E-state index contributed by atoms with van der Waals surface area (Å²) in [6, 6.07) is 4.52. The fourth-order valence-electron chi connectivity index (χ4n) is 2.33. The lowest BCUT2D eigenvalue weighted by molar-refractivity contribution is -0.116. The van der Waals surface area contributed by atoms with Crippen LogP contribution in [0.3, 0.4) is 0 Å². The normalized spacial score (nSPS) is 15.7. The third-order valence-corrected chi connectivity index (χ3v) is 5.33. The maximum Gasteiger partial charge on any atom is 0.224 e. The van der Waals surface area contributed by atoms with Crippen LogP contribution in [-0.4, -0.2) is 5.91 Å². The average Bonchev–Trinajstić information content (AvgIpc) is 2.83. The Hall–Kier alpha value is -1.24. The van der Waals surface area contributed by atoms with E-state index in [1.807, 2.05) is 11.4 Å². The van der Waals surface area contributed by atoms with Crippen molar-refractivity contribution in [3.63, 3.8) is 0 Å². The molecule has 2 aromatic rings. The summed E-state index contributed by atoms with van der Waals surface area (Å²) in [5, 5.41) is 4.60. The number of amides is 1. The SMILES string of the molecule is NC(c1cc2c(cc1F)NC(=O)CC2)c1sccc1Br. The van der Waals surface area contributed by atoms with Crippen LogP contribution in [0.5, 0.6) is 0 Å². The van der Waals surface area contributed by atoms with E-state index in [1.54, 1.807) is 6.07 Å². The highest BCUT2D eigenvalue weighted by atomic mass is 79.9. The smallest absolute Gasteiger partial charge is 0.224 e. The van der Waals surface area contributed by atoms with Crippen molar-refractivity contribution in [1.82, 2.24) is 0 Å². The van der Waals surface area contributed by atoms with Gasteiger partial charge in [-0.1, -0.05) is 0 Å². The third-order valence-electron chi connectivity index (χ3n) is 3.38. The van der Waals surface area contributed by atoms with Crippen LogP contribution in [0.25, 0.3) is 0 Å². The first kappa shape index (κ1) is 13.7. The van der Waals surface area contributed by atoms with E-state index in [-0.39, 0.29) is 5.91 Å². The molecule has 0 spiro atoms. The van der Waals surface area contributed by atoms with E-state index >= 15 is 0 Å². The Morgan fingerprint density at radius 1 is 1.40 bits per heavy atom. The summed E-state index contributed by atoms with van der Waals surface area (Å²) in [4.78, 5) is 12.2. The summed E-state index contributed by atoms with van der Waals surface area (Å²) < 4.78 is 15.1. The van der Waals surface area contributed by atoms with Gasteiger partial charge in [-0.2, -0.15) is 0 Å². The number of benzene rings is 1. The van der Waals surface area contributed by atoms with Crippen LogP contribution in [0.1, 0.15) is 28.5 Å². The Morgan fingerprint density at radius 3 is 2.90 bits per heavy atom. The lowest BCUT2D eigenvalue weighted by atomic mass is 9.96. The van der Waals surface area contributed by atoms with Gasteiger partial charge in [0.25, 0.3) is 0 Å². The van der Waals surface area contributed by atoms with Gasteiger partial charge in [-0.15, -0.1) is 11.3 Å². The maximum absolute atomic E-state index is 14.2. The van der Waals surface area contributed by atoms with E-state index in [9.17, 15) is 9.18 Å². The van der Waals surface area contributed by atoms with Crippen LogP contribution in [0, 0.1) is 5.82 Å². The van der Waals surface area contributed by atoms with Gasteiger partial charge in [0.1, 0.15) is 5.82 Å². The Labute approximate surface area is 128 Å². The lowest BCUT2D eigenvalue weighted by Crippen LogP contribution is -2.21. The van der Waals surface area contributed by atoms with Gasteiger partial charge in [0, 0.05) is 27.0 Å². The summed E-state index contributed by atoms with van der Waals surface area (Å²) >= 11 is 4.91. The zero-order valence-electron chi connectivity index (χ0n) is 10.5. The topological polar surface area (TPSA) is 55.1 Å². The molecule has 1 aliphatic rings. The molecule has 0 saturated heterocycles. The molecule has 0 bridgehead atoms. The molecule has 20 heavy (non-hydrogen) atoms. The number of thiophene rings is 1. The molecule has 2 heterocycles. The number of rotatable bonds is 2. The van der Waals surface area contributed by atoms with Gasteiger partial charge >= 0.3 is 0 Å². The van der Waals surface area contributed by atoms with E-state index in [0.717, 1.165) is 14.9 Å². The second-order valence-electron chi connectivity index (χ2n) is 4.69. The number of carbonyl (C=O) groups is 1. The molecule has 104 valence electrons. The van der Waals surface area contributed by atoms with Gasteiger partial charge < -0.3 is 11.1 Å². The number of carbonyl (C=O) groups excluding carboxylic acids is 1. The predicted molar refractivity (Wildman–Crippen MR) is 81.4 cm³/mol. The van der Waals surface area contributed by atoms with E-state index in [1.165, 1.54) is 17.4 Å². The Bertz CT molecular complexity index is 686. The molecule has 0 aliphatic carbocycles. The van der Waals surface area contributed by atoms with Crippen LogP contribution < -0.4 is 11.1 Å². The van der Waals surface area contributed by atoms with Gasteiger partial charge in [-0.05, 0) is 51.5 Å². The van der Waals surface area contributed by atoms with Crippen LogP contribution >= 0.6 is 27.3 Å². The van der Waals surface area contributed by atoms with Gasteiger partial charge in [0.05, 0.1) is 6.04 Å². The molecule has 1 atom stereocenters. The highest BCUT2D eigenvalue weighted by Crippen LogP contribution is 2.35. The molecular formula is C14H12BrFN2OS. The zero-order valence-corrected chi connectivity index (χ0v) is 12.9. The first-order valence-corrected chi connectivity index (χ1v) is 7.84. The fourth-order valence-corrected chi connectivity index (χ4v) is 3.97. The van der Waals surface area contributed by atoms with E-state index in [4.69, 9.17) is 5.73 Å². The third kappa shape index (κ3) is 2.39. The summed E-state index contributed by atoms with van der Waals surface area (Å²) in [6.07, 6.45) is 1.04. The minimum absolute atomic E-state index is 0.0741. The van der Waals surface area contributed by atoms with Gasteiger partial charge in [0.2, 0.25) is 5.91 Å². The number of fused-ring (bicyclic) bond motifs is 1. The van der Waals surface area contributed by atoms with Crippen molar-refractivity contribution in [1.29, 1.82) is 0 Å². The van der Waals surface area contributed by atoms with Gasteiger partial charge in [-0.3, -0.25) is 4.79 Å². The number of hydrogen-bond donors (Lipinski definition) is 2. The average molecular weight is 355 g/mol. The number of nitrogens with one attached hydrogen (secondary N) is 1. The first-order chi connectivity index (χ1) is 9.56. The van der Waals surface area contributed by atoms with Crippen molar-refractivity contribution in [2.45, 2.75) is 18.9 Å². The van der Waals surface area contributed by atoms with Crippen molar-refractivity contribution < 1.29 is 9.18 Å². The van der Waals surface area contributed by atoms with Crippen LogP contribution in [0.4, 0.5) is 10.1 Å². The van der Waals surface area contributed by atoms with Gasteiger partial charge in [0.15, 0.2) is 0 Å². The Kier molecular flexibility index (Phi) is 3.62. The molecule has 0 saturated carbocycles. The minimum Gasteiger partial charge on any atom is -0.326 e. The molecule has 1 unspecified atom stereocenters. The molecule has 0 radical (unpaired) electrons. The summed E-state index contributed by atoms with van der Waals surface area (Å²) in [5.74, 6) is -0.464. The van der Waals surface area contributed by atoms with Crippen molar-refractivity contribution in [3.8, 4) is 0 Å². The fraction of sp³-hybridized carbons (Fsp3) is 0.214. The maximum atomic E-state index is 14.2. The Morgan fingerprint density at radius 2 is 2.20 bits per heavy atom. The highest BCUT2D eigenvalue weighted by Gasteiger charge is 2.22. The number of aryl methyl sites for hydroxylation is 1. The van der Waals surface area contributed by atoms with E-state index in [0.29, 0.717) is 24.1 Å². The standard InChI is InChI=1S/C14H12BrFN2OS/c15-9-3-4-20-14(9)13(17)8-5-7-1-2-12(19)18-11(7)6-10(8)16/h3-6,13H,1-2,17H2,(H,18,19). The Balaban J connectivity index is 2.02. The van der Waals surface area contributed by atoms with Crippen molar-refractivity contribution in [3.05, 3.63) is 49.9 Å². The van der Waals surface area contributed by atoms with Crippen LogP contribution in [0.2, 0.25) is 0 Å². The second kappa shape index (κ2) is 5.27. The monoisotopic (exact) mass is 354 g/mol. The molecule has 0 fully saturated rings. The molecule has 1 aromatic carbocycles. The number of anilines is 1. The van der Waals surface area contributed by atoms with Gasteiger partial charge in [-0.25, -0.2) is 4.39 Å². The van der Waals surface area contributed by atoms with E-state index < -0.39 is 11.9 Å². The van der Waals surface area contributed by atoms with Crippen LogP contribution in [0.15, 0.2) is 28.1 Å². The lowest BCUT2D eigenvalue weighted by Gasteiger charge is -2.20. The quantitative estimate of drug-likeness (QED) is 0.865. The number of halogens is 2. The highest BCUT2D eigenvalue weighted by molar-refractivity contribution is 9.10. The predicted octanol–water partition coefficient (Wildman–Crippen LogP) is 3.58. The summed E-state index contributed by atoms with van der Waals surface area (Å²) in [6.45, 7) is 0. The largest absolute Gasteiger partial charge is 0.326 e. The molecule has 6 heteroatoms. The molecule has 3 N–H and O–H groups in total.